The van der Waals surface area contributed by atoms with Gasteiger partial charge >= 0.3 is 0 Å². The maximum absolute atomic E-state index is 5.39. The third kappa shape index (κ3) is 7.63. The lowest BCUT2D eigenvalue weighted by Crippen LogP contribution is -1.97. The molecule has 0 aromatic rings. The summed E-state index contributed by atoms with van der Waals surface area (Å²) in [4.78, 5) is 0. The van der Waals surface area contributed by atoms with E-state index in [1.54, 1.807) is 0 Å². The van der Waals surface area contributed by atoms with Crippen molar-refractivity contribution < 1.29 is 0 Å². The molecule has 12 heavy (non-hydrogen) atoms. The fourth-order valence-electron chi connectivity index (χ4n) is 1.21. The van der Waals surface area contributed by atoms with Gasteiger partial charge in [-0.15, -0.1) is 12.3 Å². The number of nitrogens with two attached hydrogens (primary N) is 1. The zero-order valence-corrected chi connectivity index (χ0v) is 8.18. The highest BCUT2D eigenvalue weighted by atomic mass is 14.5. The molecule has 2 N–H and O–H groups in total. The molecule has 0 aliphatic rings. The number of hydrogen-bond donors (Lipinski definition) is 1. The van der Waals surface area contributed by atoms with E-state index in [9.17, 15) is 0 Å². The van der Waals surface area contributed by atoms with E-state index in [0.717, 1.165) is 6.54 Å². The smallest absolute Gasteiger partial charge is 0.0171 e. The van der Waals surface area contributed by atoms with Crippen molar-refractivity contribution in [1.82, 2.24) is 0 Å². The van der Waals surface area contributed by atoms with Crippen LogP contribution in [0.5, 0.6) is 0 Å². The van der Waals surface area contributed by atoms with E-state index < -0.39 is 0 Å². The molecule has 0 spiro atoms. The van der Waals surface area contributed by atoms with Gasteiger partial charge in [-0.25, -0.2) is 0 Å². The van der Waals surface area contributed by atoms with E-state index in [-0.39, 0.29) is 0 Å². The van der Waals surface area contributed by atoms with Crippen LogP contribution in [0.25, 0.3) is 0 Å². The zero-order chi connectivity index (χ0) is 9.23. The normalized spacial score (nSPS) is 12.4. The molecule has 0 saturated carbocycles. The van der Waals surface area contributed by atoms with Gasteiger partial charge in [-0.05, 0) is 19.4 Å². The standard InChI is InChI=1S/C11H21N/c1-3-11(2)9-7-5-4-6-8-10-12/h1,11H,4-10,12H2,2H3/t11-/m1/s1. The summed E-state index contributed by atoms with van der Waals surface area (Å²) in [6, 6.07) is 0. The first-order chi connectivity index (χ1) is 5.81. The molecule has 1 heteroatoms. The number of unbranched alkanes of at least 4 members (excludes halogenated alkanes) is 4. The molecule has 0 aliphatic carbocycles. The third-order valence-electron chi connectivity index (χ3n) is 2.13. The number of rotatable bonds is 7. The topological polar surface area (TPSA) is 26.0 Å². The van der Waals surface area contributed by atoms with Gasteiger partial charge in [0, 0.05) is 5.92 Å². The molecule has 0 rings (SSSR count). The lowest BCUT2D eigenvalue weighted by Gasteiger charge is -2.02. The Balaban J connectivity index is 2.96. The highest BCUT2D eigenvalue weighted by Gasteiger charge is 1.95. The Morgan fingerprint density at radius 1 is 1.17 bits per heavy atom. The van der Waals surface area contributed by atoms with E-state index in [2.05, 4.69) is 12.8 Å². The average molecular weight is 167 g/mol. The summed E-state index contributed by atoms with van der Waals surface area (Å²) in [6.45, 7) is 2.95. The van der Waals surface area contributed by atoms with Gasteiger partial charge in [0.25, 0.3) is 0 Å². The van der Waals surface area contributed by atoms with Crippen LogP contribution in [0.1, 0.15) is 45.4 Å². The monoisotopic (exact) mass is 167 g/mol. The fraction of sp³-hybridized carbons (Fsp3) is 0.818. The van der Waals surface area contributed by atoms with Crippen molar-refractivity contribution in [3.63, 3.8) is 0 Å². The SMILES string of the molecule is C#C[C@@H](C)CCCCCCCN. The van der Waals surface area contributed by atoms with Crippen LogP contribution in [0.3, 0.4) is 0 Å². The molecular formula is C11H21N. The summed E-state index contributed by atoms with van der Waals surface area (Å²) in [5, 5.41) is 0. The summed E-state index contributed by atoms with van der Waals surface area (Å²) in [5.41, 5.74) is 5.39. The molecule has 0 aromatic heterocycles. The largest absolute Gasteiger partial charge is 0.330 e. The van der Waals surface area contributed by atoms with E-state index in [1.807, 2.05) is 0 Å². The maximum atomic E-state index is 5.39. The fourth-order valence-corrected chi connectivity index (χ4v) is 1.21. The van der Waals surface area contributed by atoms with E-state index in [0.29, 0.717) is 5.92 Å². The molecule has 0 aromatic carbocycles. The van der Waals surface area contributed by atoms with Gasteiger partial charge in [-0.3, -0.25) is 0 Å². The summed E-state index contributed by atoms with van der Waals surface area (Å²) in [5.74, 6) is 3.20. The second-order valence-corrected chi connectivity index (χ2v) is 3.41. The predicted molar refractivity (Wildman–Crippen MR) is 54.8 cm³/mol. The molecular weight excluding hydrogens is 146 g/mol. The van der Waals surface area contributed by atoms with Gasteiger partial charge in [0.2, 0.25) is 0 Å². The second kappa shape index (κ2) is 8.62. The lowest BCUT2D eigenvalue weighted by atomic mass is 10.0. The molecule has 0 aliphatic heterocycles. The van der Waals surface area contributed by atoms with Crippen LogP contribution in [0, 0.1) is 18.3 Å². The van der Waals surface area contributed by atoms with E-state index >= 15 is 0 Å². The summed E-state index contributed by atoms with van der Waals surface area (Å²) < 4.78 is 0. The lowest BCUT2D eigenvalue weighted by molar-refractivity contribution is 0.555. The number of hydrogen-bond acceptors (Lipinski definition) is 1. The van der Waals surface area contributed by atoms with Crippen molar-refractivity contribution in [3.8, 4) is 12.3 Å². The Bertz CT molecular complexity index is 123. The maximum Gasteiger partial charge on any atom is 0.0171 e. The van der Waals surface area contributed by atoms with Gasteiger partial charge in [0.1, 0.15) is 0 Å². The van der Waals surface area contributed by atoms with Crippen molar-refractivity contribution in [2.75, 3.05) is 6.54 Å². The van der Waals surface area contributed by atoms with Crippen LogP contribution in [-0.2, 0) is 0 Å². The first-order valence-electron chi connectivity index (χ1n) is 4.97. The molecule has 0 radical (unpaired) electrons. The zero-order valence-electron chi connectivity index (χ0n) is 8.18. The van der Waals surface area contributed by atoms with Crippen molar-refractivity contribution >= 4 is 0 Å². The molecule has 0 bridgehead atoms. The van der Waals surface area contributed by atoms with Crippen molar-refractivity contribution in [2.45, 2.75) is 45.4 Å². The van der Waals surface area contributed by atoms with Crippen LogP contribution < -0.4 is 5.73 Å². The van der Waals surface area contributed by atoms with E-state index in [1.165, 1.54) is 38.5 Å². The molecule has 1 atom stereocenters. The minimum atomic E-state index is 0.458. The number of terminal acetylenes is 1. The molecule has 0 saturated heterocycles. The van der Waals surface area contributed by atoms with Gasteiger partial charge in [0.15, 0.2) is 0 Å². The molecule has 1 nitrogen and oxygen atoms in total. The Labute approximate surface area is 76.7 Å². The third-order valence-corrected chi connectivity index (χ3v) is 2.13. The molecule has 0 fully saturated rings. The van der Waals surface area contributed by atoms with Gasteiger partial charge < -0.3 is 5.73 Å². The van der Waals surface area contributed by atoms with Crippen LogP contribution in [0.4, 0.5) is 0 Å². The Morgan fingerprint density at radius 2 is 1.75 bits per heavy atom. The highest BCUT2D eigenvalue weighted by molar-refractivity contribution is 4.89. The molecule has 0 heterocycles. The second-order valence-electron chi connectivity index (χ2n) is 3.41. The van der Waals surface area contributed by atoms with Gasteiger partial charge in [0.05, 0.1) is 0 Å². The van der Waals surface area contributed by atoms with Crippen LogP contribution in [0.15, 0.2) is 0 Å². The molecule has 0 unspecified atom stereocenters. The van der Waals surface area contributed by atoms with Gasteiger partial charge in [-0.2, -0.15) is 0 Å². The first-order valence-corrected chi connectivity index (χ1v) is 4.97. The summed E-state index contributed by atoms with van der Waals surface area (Å²) >= 11 is 0. The summed E-state index contributed by atoms with van der Waals surface area (Å²) in [7, 11) is 0. The van der Waals surface area contributed by atoms with E-state index in [4.69, 9.17) is 12.2 Å². The minimum absolute atomic E-state index is 0.458. The van der Waals surface area contributed by atoms with Crippen LogP contribution in [-0.4, -0.2) is 6.54 Å². The Kier molecular flexibility index (Phi) is 8.27. The van der Waals surface area contributed by atoms with Crippen molar-refractivity contribution in [3.05, 3.63) is 0 Å². The van der Waals surface area contributed by atoms with Gasteiger partial charge in [-0.1, -0.05) is 32.6 Å². The Morgan fingerprint density at radius 3 is 2.33 bits per heavy atom. The average Bonchev–Trinajstić information content (AvgIpc) is 2.10. The Hall–Kier alpha value is -0.480. The quantitative estimate of drug-likeness (QED) is 0.457. The molecule has 70 valence electrons. The van der Waals surface area contributed by atoms with Crippen LogP contribution in [0.2, 0.25) is 0 Å². The predicted octanol–water partition coefficient (Wildman–Crippen LogP) is 2.55. The highest BCUT2D eigenvalue weighted by Crippen LogP contribution is 2.09. The minimum Gasteiger partial charge on any atom is -0.330 e. The summed E-state index contributed by atoms with van der Waals surface area (Å²) in [6.07, 6.45) is 12.8. The van der Waals surface area contributed by atoms with Crippen LogP contribution >= 0.6 is 0 Å². The van der Waals surface area contributed by atoms with Crippen molar-refractivity contribution in [2.24, 2.45) is 11.7 Å². The molecule has 0 amide bonds. The first kappa shape index (κ1) is 11.5. The van der Waals surface area contributed by atoms with Crippen molar-refractivity contribution in [1.29, 1.82) is 0 Å².